The number of aliphatic carboxylic acids is 1. The van der Waals surface area contributed by atoms with Gasteiger partial charge in [0, 0.05) is 11.8 Å². The SMILES string of the molecule is C[C@H](NC(=O)CCc1cscn1)C(=O)O. The first-order valence-corrected chi connectivity index (χ1v) is 5.43. The molecule has 82 valence electrons. The monoisotopic (exact) mass is 228 g/mol. The molecule has 0 fully saturated rings. The quantitative estimate of drug-likeness (QED) is 0.776. The minimum absolute atomic E-state index is 0.265. The van der Waals surface area contributed by atoms with Gasteiger partial charge in [0.05, 0.1) is 11.2 Å². The average molecular weight is 228 g/mol. The molecule has 1 aromatic heterocycles. The summed E-state index contributed by atoms with van der Waals surface area (Å²) < 4.78 is 0. The van der Waals surface area contributed by atoms with Gasteiger partial charge >= 0.3 is 5.97 Å². The number of aromatic nitrogens is 1. The third kappa shape index (κ3) is 4.07. The Hall–Kier alpha value is -1.43. The number of aryl methyl sites for hydroxylation is 1. The molecule has 0 bridgehead atoms. The fraction of sp³-hybridized carbons (Fsp3) is 0.444. The van der Waals surface area contributed by atoms with E-state index in [1.807, 2.05) is 5.38 Å². The number of hydrogen-bond donors (Lipinski definition) is 2. The number of carboxylic acid groups (broad SMARTS) is 1. The van der Waals surface area contributed by atoms with E-state index in [0.29, 0.717) is 6.42 Å². The summed E-state index contributed by atoms with van der Waals surface area (Å²) in [5, 5.41) is 12.8. The van der Waals surface area contributed by atoms with E-state index in [1.165, 1.54) is 18.3 Å². The second kappa shape index (κ2) is 5.45. The van der Waals surface area contributed by atoms with Gasteiger partial charge in [-0.3, -0.25) is 9.59 Å². The fourth-order valence-electron chi connectivity index (χ4n) is 0.978. The van der Waals surface area contributed by atoms with E-state index < -0.39 is 12.0 Å². The first kappa shape index (κ1) is 11.6. The molecular weight excluding hydrogens is 216 g/mol. The Kier molecular flexibility index (Phi) is 4.23. The summed E-state index contributed by atoms with van der Waals surface area (Å²) in [6, 6.07) is -0.840. The van der Waals surface area contributed by atoms with E-state index in [1.54, 1.807) is 5.51 Å². The molecule has 0 spiro atoms. The van der Waals surface area contributed by atoms with Crippen LogP contribution >= 0.6 is 11.3 Å². The lowest BCUT2D eigenvalue weighted by Crippen LogP contribution is -2.38. The van der Waals surface area contributed by atoms with Gasteiger partial charge in [0.1, 0.15) is 6.04 Å². The Balaban J connectivity index is 2.28. The number of thiazole rings is 1. The van der Waals surface area contributed by atoms with Crippen LogP contribution in [0.3, 0.4) is 0 Å². The third-order valence-electron chi connectivity index (χ3n) is 1.84. The lowest BCUT2D eigenvalue weighted by atomic mass is 10.2. The summed E-state index contributed by atoms with van der Waals surface area (Å²) in [4.78, 5) is 25.7. The van der Waals surface area contributed by atoms with Crippen molar-refractivity contribution in [2.75, 3.05) is 0 Å². The van der Waals surface area contributed by atoms with Crippen LogP contribution in [0.15, 0.2) is 10.9 Å². The molecule has 0 saturated carbocycles. The van der Waals surface area contributed by atoms with Crippen molar-refractivity contribution in [1.82, 2.24) is 10.3 Å². The Morgan fingerprint density at radius 2 is 2.40 bits per heavy atom. The van der Waals surface area contributed by atoms with Gasteiger partial charge in [0.2, 0.25) is 5.91 Å². The predicted octanol–water partition coefficient (Wildman–Crippen LogP) is 0.665. The van der Waals surface area contributed by atoms with Crippen molar-refractivity contribution in [3.8, 4) is 0 Å². The summed E-state index contributed by atoms with van der Waals surface area (Å²) in [5.41, 5.74) is 2.56. The molecule has 2 N–H and O–H groups in total. The van der Waals surface area contributed by atoms with Gasteiger partial charge in [0.25, 0.3) is 0 Å². The van der Waals surface area contributed by atoms with E-state index >= 15 is 0 Å². The Labute approximate surface area is 91.1 Å². The molecule has 1 atom stereocenters. The number of carbonyl (C=O) groups excluding carboxylic acids is 1. The molecule has 0 aliphatic carbocycles. The van der Waals surface area contributed by atoms with Crippen LogP contribution in [0.25, 0.3) is 0 Å². The lowest BCUT2D eigenvalue weighted by molar-refractivity contribution is -0.141. The first-order chi connectivity index (χ1) is 7.09. The summed E-state index contributed by atoms with van der Waals surface area (Å²) >= 11 is 1.47. The van der Waals surface area contributed by atoms with E-state index in [4.69, 9.17) is 5.11 Å². The number of rotatable bonds is 5. The standard InChI is InChI=1S/C9H12N2O3S/c1-6(9(13)14)11-8(12)3-2-7-4-15-5-10-7/h4-6H,2-3H2,1H3,(H,11,12)(H,13,14)/t6-/m0/s1. The van der Waals surface area contributed by atoms with Gasteiger partial charge < -0.3 is 10.4 Å². The summed E-state index contributed by atoms with van der Waals surface area (Å²) in [6.07, 6.45) is 0.809. The molecule has 0 unspecified atom stereocenters. The van der Waals surface area contributed by atoms with Crippen molar-refractivity contribution in [3.05, 3.63) is 16.6 Å². The molecule has 1 rings (SSSR count). The summed E-state index contributed by atoms with van der Waals surface area (Å²) in [7, 11) is 0. The highest BCUT2D eigenvalue weighted by molar-refractivity contribution is 7.07. The van der Waals surface area contributed by atoms with Crippen LogP contribution in [-0.4, -0.2) is 28.0 Å². The van der Waals surface area contributed by atoms with Gasteiger partial charge in [-0.05, 0) is 13.3 Å². The van der Waals surface area contributed by atoms with E-state index in [-0.39, 0.29) is 12.3 Å². The largest absolute Gasteiger partial charge is 0.480 e. The van der Waals surface area contributed by atoms with Gasteiger partial charge in [-0.15, -0.1) is 11.3 Å². The zero-order chi connectivity index (χ0) is 11.3. The maximum atomic E-state index is 11.3. The normalized spacial score (nSPS) is 12.1. The molecule has 0 saturated heterocycles. The van der Waals surface area contributed by atoms with Crippen LogP contribution in [0.5, 0.6) is 0 Å². The number of carbonyl (C=O) groups is 2. The van der Waals surface area contributed by atoms with Crippen molar-refractivity contribution in [2.24, 2.45) is 0 Å². The molecule has 1 amide bonds. The minimum atomic E-state index is -1.03. The Morgan fingerprint density at radius 1 is 1.67 bits per heavy atom. The Morgan fingerprint density at radius 3 is 2.93 bits per heavy atom. The molecule has 1 heterocycles. The molecular formula is C9H12N2O3S. The molecule has 5 nitrogen and oxygen atoms in total. The van der Waals surface area contributed by atoms with E-state index in [2.05, 4.69) is 10.3 Å². The highest BCUT2D eigenvalue weighted by Gasteiger charge is 2.13. The maximum absolute atomic E-state index is 11.3. The molecule has 6 heteroatoms. The zero-order valence-electron chi connectivity index (χ0n) is 8.27. The molecule has 0 radical (unpaired) electrons. The van der Waals surface area contributed by atoms with Crippen LogP contribution in [0.2, 0.25) is 0 Å². The summed E-state index contributed by atoms with van der Waals surface area (Å²) in [6.45, 7) is 1.43. The van der Waals surface area contributed by atoms with Gasteiger partial charge in [-0.2, -0.15) is 0 Å². The molecule has 0 aliphatic heterocycles. The van der Waals surface area contributed by atoms with Crippen molar-refractivity contribution < 1.29 is 14.7 Å². The number of nitrogens with zero attached hydrogens (tertiary/aromatic N) is 1. The number of carboxylic acids is 1. The van der Waals surface area contributed by atoms with Crippen LogP contribution in [0.4, 0.5) is 0 Å². The molecule has 0 aromatic carbocycles. The van der Waals surface area contributed by atoms with Crippen LogP contribution in [0, 0.1) is 0 Å². The van der Waals surface area contributed by atoms with Crippen molar-refractivity contribution >= 4 is 23.2 Å². The highest BCUT2D eigenvalue weighted by Crippen LogP contribution is 2.03. The smallest absolute Gasteiger partial charge is 0.325 e. The number of amides is 1. The van der Waals surface area contributed by atoms with Gasteiger partial charge in [-0.1, -0.05) is 0 Å². The van der Waals surface area contributed by atoms with Crippen LogP contribution in [-0.2, 0) is 16.0 Å². The average Bonchev–Trinajstić information content (AvgIpc) is 2.66. The second-order valence-electron chi connectivity index (χ2n) is 3.11. The Bertz CT molecular complexity index is 337. The van der Waals surface area contributed by atoms with Crippen molar-refractivity contribution in [3.63, 3.8) is 0 Å². The zero-order valence-corrected chi connectivity index (χ0v) is 9.08. The second-order valence-corrected chi connectivity index (χ2v) is 3.83. The number of hydrogen-bond acceptors (Lipinski definition) is 4. The first-order valence-electron chi connectivity index (χ1n) is 4.49. The molecule has 0 aliphatic rings. The van der Waals surface area contributed by atoms with E-state index in [9.17, 15) is 9.59 Å². The lowest BCUT2D eigenvalue weighted by Gasteiger charge is -2.08. The molecule has 15 heavy (non-hydrogen) atoms. The van der Waals surface area contributed by atoms with Gasteiger partial charge in [-0.25, -0.2) is 4.98 Å². The van der Waals surface area contributed by atoms with Gasteiger partial charge in [0.15, 0.2) is 0 Å². The topological polar surface area (TPSA) is 79.3 Å². The van der Waals surface area contributed by atoms with Crippen molar-refractivity contribution in [2.45, 2.75) is 25.8 Å². The predicted molar refractivity (Wildman–Crippen MR) is 55.7 cm³/mol. The summed E-state index contributed by atoms with van der Waals surface area (Å²) in [5.74, 6) is -1.30. The van der Waals surface area contributed by atoms with E-state index in [0.717, 1.165) is 5.69 Å². The van der Waals surface area contributed by atoms with Crippen LogP contribution in [0.1, 0.15) is 19.0 Å². The number of nitrogens with one attached hydrogen (secondary N) is 1. The highest BCUT2D eigenvalue weighted by atomic mass is 32.1. The third-order valence-corrected chi connectivity index (χ3v) is 2.47. The van der Waals surface area contributed by atoms with Crippen LogP contribution < -0.4 is 5.32 Å². The van der Waals surface area contributed by atoms with Crippen molar-refractivity contribution in [1.29, 1.82) is 0 Å². The maximum Gasteiger partial charge on any atom is 0.325 e. The minimum Gasteiger partial charge on any atom is -0.480 e. The molecule has 1 aromatic rings. The fourth-order valence-corrected chi connectivity index (χ4v) is 1.57.